The van der Waals surface area contributed by atoms with Crippen LogP contribution in [0.3, 0.4) is 0 Å². The number of anilines is 2. The van der Waals surface area contributed by atoms with Gasteiger partial charge >= 0.3 is 5.97 Å². The first-order chi connectivity index (χ1) is 11.6. The monoisotopic (exact) mass is 326 g/mol. The average Bonchev–Trinajstić information content (AvgIpc) is 2.51. The van der Waals surface area contributed by atoms with Crippen LogP contribution in [0, 0.1) is 0 Å². The van der Waals surface area contributed by atoms with Crippen LogP contribution in [-0.2, 0) is 16.0 Å². The molecular formula is C18H18N2O4. The first-order valence-corrected chi connectivity index (χ1v) is 7.67. The van der Waals surface area contributed by atoms with Gasteiger partial charge in [0.05, 0.1) is 31.2 Å². The van der Waals surface area contributed by atoms with Gasteiger partial charge in [-0.25, -0.2) is 0 Å². The van der Waals surface area contributed by atoms with Gasteiger partial charge in [-0.3, -0.25) is 9.59 Å². The molecule has 0 aromatic heterocycles. The highest BCUT2D eigenvalue weighted by molar-refractivity contribution is 6.08. The van der Waals surface area contributed by atoms with E-state index < -0.39 is 5.97 Å². The summed E-state index contributed by atoms with van der Waals surface area (Å²) in [5, 5.41) is 15.0. The minimum Gasteiger partial charge on any atom is -0.481 e. The van der Waals surface area contributed by atoms with Crippen LogP contribution >= 0.6 is 0 Å². The van der Waals surface area contributed by atoms with E-state index in [9.17, 15) is 9.59 Å². The summed E-state index contributed by atoms with van der Waals surface area (Å²) in [6.07, 6.45) is -0.0798. The second kappa shape index (κ2) is 7.14. The second-order valence-electron chi connectivity index (χ2n) is 5.65. The number of aliphatic carboxylic acids is 1. The summed E-state index contributed by atoms with van der Waals surface area (Å²) in [5.41, 5.74) is 2.50. The number of ether oxygens (including phenoxy) is 1. The third-order valence-electron chi connectivity index (χ3n) is 3.71. The quantitative estimate of drug-likeness (QED) is 0.758. The molecule has 0 spiro atoms. The Bertz CT molecular complexity index is 756. The first-order valence-electron chi connectivity index (χ1n) is 7.67. The number of carboxylic acid groups (broad SMARTS) is 1. The lowest BCUT2D eigenvalue weighted by atomic mass is 10.1. The van der Waals surface area contributed by atoms with Crippen LogP contribution in [0.4, 0.5) is 11.4 Å². The number of para-hydroxylation sites is 1. The lowest BCUT2D eigenvalue weighted by Gasteiger charge is -2.28. The van der Waals surface area contributed by atoms with Crippen molar-refractivity contribution in [3.05, 3.63) is 59.7 Å². The largest absolute Gasteiger partial charge is 0.481 e. The van der Waals surface area contributed by atoms with Gasteiger partial charge in [0.1, 0.15) is 0 Å². The maximum Gasteiger partial charge on any atom is 0.307 e. The van der Waals surface area contributed by atoms with E-state index in [0.29, 0.717) is 30.0 Å². The molecule has 124 valence electrons. The Morgan fingerprint density at radius 3 is 2.62 bits per heavy atom. The number of carbonyl (C=O) groups is 2. The van der Waals surface area contributed by atoms with Crippen LogP contribution in [0.25, 0.3) is 0 Å². The molecule has 1 aliphatic heterocycles. The Balaban J connectivity index is 1.74. The normalized spacial score (nSPS) is 13.8. The number of hydrogen-bond donors (Lipinski definition) is 3. The fourth-order valence-electron chi connectivity index (χ4n) is 2.48. The molecule has 1 amide bonds. The maximum absolute atomic E-state index is 12.6. The Labute approximate surface area is 139 Å². The molecule has 3 rings (SSSR count). The maximum atomic E-state index is 12.6. The molecule has 6 nitrogen and oxygen atoms in total. The van der Waals surface area contributed by atoms with E-state index in [-0.39, 0.29) is 18.4 Å². The topological polar surface area (TPSA) is 87.7 Å². The fourth-order valence-corrected chi connectivity index (χ4v) is 2.48. The van der Waals surface area contributed by atoms with Gasteiger partial charge in [0.2, 0.25) is 0 Å². The van der Waals surface area contributed by atoms with E-state index in [1.54, 1.807) is 36.4 Å². The van der Waals surface area contributed by atoms with Crippen molar-refractivity contribution in [3.8, 4) is 0 Å². The number of benzene rings is 2. The zero-order valence-corrected chi connectivity index (χ0v) is 13.0. The summed E-state index contributed by atoms with van der Waals surface area (Å²) in [7, 11) is 0. The van der Waals surface area contributed by atoms with Gasteiger partial charge in [-0.15, -0.1) is 0 Å². The molecule has 24 heavy (non-hydrogen) atoms. The lowest BCUT2D eigenvalue weighted by molar-refractivity contribution is -0.136. The Hall–Kier alpha value is -2.86. The number of rotatable bonds is 6. The second-order valence-corrected chi connectivity index (χ2v) is 5.65. The smallest absolute Gasteiger partial charge is 0.307 e. The number of hydrogen-bond acceptors (Lipinski definition) is 4. The molecule has 0 radical (unpaired) electrons. The van der Waals surface area contributed by atoms with E-state index in [1.807, 2.05) is 12.1 Å². The number of carbonyl (C=O) groups excluding carboxylic acids is 1. The first kappa shape index (κ1) is 16.0. The van der Waals surface area contributed by atoms with Gasteiger partial charge in [-0.2, -0.15) is 0 Å². The van der Waals surface area contributed by atoms with Crippen LogP contribution in [0.15, 0.2) is 48.5 Å². The molecule has 0 bridgehead atoms. The van der Waals surface area contributed by atoms with E-state index in [4.69, 9.17) is 9.84 Å². The molecule has 3 N–H and O–H groups in total. The van der Waals surface area contributed by atoms with Crippen molar-refractivity contribution in [3.63, 3.8) is 0 Å². The predicted molar refractivity (Wildman–Crippen MR) is 90.4 cm³/mol. The summed E-state index contributed by atoms with van der Waals surface area (Å²) in [4.78, 5) is 23.4. The summed E-state index contributed by atoms with van der Waals surface area (Å²) in [5.74, 6) is -1.15. The van der Waals surface area contributed by atoms with E-state index in [0.717, 1.165) is 5.69 Å². The zero-order valence-electron chi connectivity index (χ0n) is 13.0. The number of amides is 1. The minimum atomic E-state index is -0.907. The highest BCUT2D eigenvalue weighted by Gasteiger charge is 2.20. The highest BCUT2D eigenvalue weighted by atomic mass is 16.5. The lowest BCUT2D eigenvalue weighted by Crippen LogP contribution is -2.40. The number of nitrogens with one attached hydrogen (secondary N) is 2. The van der Waals surface area contributed by atoms with Gasteiger partial charge in [-0.1, -0.05) is 24.3 Å². The third-order valence-corrected chi connectivity index (χ3v) is 3.71. The van der Waals surface area contributed by atoms with Crippen molar-refractivity contribution >= 4 is 23.3 Å². The average molecular weight is 326 g/mol. The van der Waals surface area contributed by atoms with Crippen molar-refractivity contribution in [1.29, 1.82) is 0 Å². The molecule has 1 heterocycles. The molecule has 0 unspecified atom stereocenters. The van der Waals surface area contributed by atoms with E-state index in [1.165, 1.54) is 0 Å². The van der Waals surface area contributed by atoms with Crippen molar-refractivity contribution in [2.45, 2.75) is 12.5 Å². The fraction of sp³-hybridized carbons (Fsp3) is 0.222. The SMILES string of the molecule is O=C(O)Cc1cccc(NC(=O)c2ccccc2NC2COC2)c1. The minimum absolute atomic E-state index is 0.0798. The molecule has 0 atom stereocenters. The van der Waals surface area contributed by atoms with Gasteiger partial charge in [0.25, 0.3) is 5.91 Å². The molecular weight excluding hydrogens is 308 g/mol. The van der Waals surface area contributed by atoms with E-state index in [2.05, 4.69) is 10.6 Å². The molecule has 1 saturated heterocycles. The van der Waals surface area contributed by atoms with Gasteiger partial charge in [-0.05, 0) is 29.8 Å². The number of carboxylic acids is 1. The molecule has 1 fully saturated rings. The van der Waals surface area contributed by atoms with Crippen LogP contribution in [0.1, 0.15) is 15.9 Å². The van der Waals surface area contributed by atoms with Crippen LogP contribution in [0.5, 0.6) is 0 Å². The highest BCUT2D eigenvalue weighted by Crippen LogP contribution is 2.20. The summed E-state index contributed by atoms with van der Waals surface area (Å²) >= 11 is 0. The molecule has 0 saturated carbocycles. The summed E-state index contributed by atoms with van der Waals surface area (Å²) < 4.78 is 5.14. The van der Waals surface area contributed by atoms with Gasteiger partial charge in [0.15, 0.2) is 0 Å². The zero-order chi connectivity index (χ0) is 16.9. The third kappa shape index (κ3) is 3.91. The van der Waals surface area contributed by atoms with E-state index >= 15 is 0 Å². The van der Waals surface area contributed by atoms with Crippen LogP contribution < -0.4 is 10.6 Å². The van der Waals surface area contributed by atoms with Crippen LogP contribution in [-0.4, -0.2) is 36.2 Å². The molecule has 2 aromatic carbocycles. The van der Waals surface area contributed by atoms with Crippen molar-refractivity contribution in [2.24, 2.45) is 0 Å². The molecule has 2 aromatic rings. The molecule has 6 heteroatoms. The summed E-state index contributed by atoms with van der Waals surface area (Å²) in [6.45, 7) is 1.26. The molecule has 0 aliphatic carbocycles. The molecule has 1 aliphatic rings. The Kier molecular flexibility index (Phi) is 4.77. The standard InChI is InChI=1S/C18H18N2O4/c21-17(22)9-12-4-3-5-13(8-12)20-18(23)15-6-1-2-7-16(15)19-14-10-24-11-14/h1-8,14,19H,9-11H2,(H,20,23)(H,21,22). The van der Waals surface area contributed by atoms with Crippen molar-refractivity contribution in [1.82, 2.24) is 0 Å². The Morgan fingerprint density at radius 2 is 1.92 bits per heavy atom. The summed E-state index contributed by atoms with van der Waals surface area (Å²) in [6, 6.07) is 14.3. The Morgan fingerprint density at radius 1 is 1.12 bits per heavy atom. The van der Waals surface area contributed by atoms with Crippen molar-refractivity contribution < 1.29 is 19.4 Å². The van der Waals surface area contributed by atoms with Crippen molar-refractivity contribution in [2.75, 3.05) is 23.8 Å². The predicted octanol–water partition coefficient (Wildman–Crippen LogP) is 2.38. The van der Waals surface area contributed by atoms with Gasteiger partial charge in [0, 0.05) is 11.4 Å². The van der Waals surface area contributed by atoms with Crippen LogP contribution in [0.2, 0.25) is 0 Å². The van der Waals surface area contributed by atoms with Gasteiger partial charge < -0.3 is 20.5 Å².